The molecule has 2 heterocycles. The summed E-state index contributed by atoms with van der Waals surface area (Å²) >= 11 is 0. The molecule has 3 N–H and O–H groups in total. The van der Waals surface area contributed by atoms with Crippen LogP contribution in [0.3, 0.4) is 0 Å². The molecule has 0 radical (unpaired) electrons. The Morgan fingerprint density at radius 3 is 2.79 bits per heavy atom. The number of piperazine rings is 1. The summed E-state index contributed by atoms with van der Waals surface area (Å²) in [6.45, 7) is 4.37. The van der Waals surface area contributed by atoms with Gasteiger partial charge in [-0.1, -0.05) is 0 Å². The molecule has 78 valence electrons. The standard InChI is InChI=1S/C10H18N4/c1-11-10(9-3-2-4-13-9)14-7-5-12-6-8-14/h2-4,10-13H,5-8H2,1H3. The molecule has 0 aliphatic carbocycles. The van der Waals surface area contributed by atoms with E-state index in [4.69, 9.17) is 0 Å². The summed E-state index contributed by atoms with van der Waals surface area (Å²) in [5.41, 5.74) is 1.24. The zero-order valence-corrected chi connectivity index (χ0v) is 8.59. The van der Waals surface area contributed by atoms with Gasteiger partial charge in [-0.25, -0.2) is 0 Å². The Bertz CT molecular complexity index is 251. The lowest BCUT2D eigenvalue weighted by Gasteiger charge is -2.34. The van der Waals surface area contributed by atoms with Gasteiger partial charge < -0.3 is 10.3 Å². The van der Waals surface area contributed by atoms with Crippen LogP contribution in [0.1, 0.15) is 11.9 Å². The van der Waals surface area contributed by atoms with E-state index >= 15 is 0 Å². The fraction of sp³-hybridized carbons (Fsp3) is 0.600. The summed E-state index contributed by atoms with van der Waals surface area (Å²) in [5, 5.41) is 6.70. The van der Waals surface area contributed by atoms with E-state index in [1.807, 2.05) is 19.3 Å². The maximum absolute atomic E-state index is 3.36. The molecule has 1 saturated heterocycles. The normalized spacial score (nSPS) is 20.9. The number of rotatable bonds is 3. The van der Waals surface area contributed by atoms with Gasteiger partial charge in [-0.15, -0.1) is 0 Å². The van der Waals surface area contributed by atoms with Crippen LogP contribution in [-0.2, 0) is 0 Å². The maximum Gasteiger partial charge on any atom is 0.101 e. The summed E-state index contributed by atoms with van der Waals surface area (Å²) in [6, 6.07) is 4.17. The molecule has 4 nitrogen and oxygen atoms in total. The molecule has 14 heavy (non-hydrogen) atoms. The van der Waals surface area contributed by atoms with Crippen LogP contribution in [0.5, 0.6) is 0 Å². The largest absolute Gasteiger partial charge is 0.363 e. The Kier molecular flexibility index (Phi) is 3.18. The van der Waals surface area contributed by atoms with Crippen molar-refractivity contribution in [3.63, 3.8) is 0 Å². The van der Waals surface area contributed by atoms with Crippen LogP contribution in [0.25, 0.3) is 0 Å². The lowest BCUT2D eigenvalue weighted by atomic mass is 10.2. The quantitative estimate of drug-likeness (QED) is 0.641. The van der Waals surface area contributed by atoms with Gasteiger partial charge in [0.25, 0.3) is 0 Å². The zero-order valence-electron chi connectivity index (χ0n) is 8.59. The Hall–Kier alpha value is -0.840. The molecular formula is C10H18N4. The fourth-order valence-corrected chi connectivity index (χ4v) is 1.99. The highest BCUT2D eigenvalue weighted by atomic mass is 15.3. The minimum absolute atomic E-state index is 0.326. The SMILES string of the molecule is CNC(c1ccc[nH]1)N1CCNCC1. The van der Waals surface area contributed by atoms with Crippen molar-refractivity contribution in [1.82, 2.24) is 20.5 Å². The van der Waals surface area contributed by atoms with Gasteiger partial charge in [-0.05, 0) is 19.2 Å². The second-order valence-electron chi connectivity index (χ2n) is 3.60. The van der Waals surface area contributed by atoms with Gasteiger partial charge in [-0.2, -0.15) is 0 Å². The van der Waals surface area contributed by atoms with Gasteiger partial charge in [0.1, 0.15) is 6.17 Å². The third-order valence-electron chi connectivity index (χ3n) is 2.71. The molecule has 1 fully saturated rings. The maximum atomic E-state index is 3.36. The predicted octanol–water partition coefficient (Wildman–Crippen LogP) is 0.138. The first-order valence-corrected chi connectivity index (χ1v) is 5.17. The van der Waals surface area contributed by atoms with E-state index in [-0.39, 0.29) is 0 Å². The van der Waals surface area contributed by atoms with Crippen LogP contribution >= 0.6 is 0 Å². The predicted molar refractivity (Wildman–Crippen MR) is 57.0 cm³/mol. The smallest absolute Gasteiger partial charge is 0.101 e. The van der Waals surface area contributed by atoms with Crippen molar-refractivity contribution in [2.75, 3.05) is 33.2 Å². The molecule has 0 aromatic carbocycles. The molecule has 1 aliphatic rings. The first kappa shape index (κ1) is 9.71. The summed E-state index contributed by atoms with van der Waals surface area (Å²) in [7, 11) is 2.01. The fourth-order valence-electron chi connectivity index (χ4n) is 1.99. The van der Waals surface area contributed by atoms with Gasteiger partial charge in [0.05, 0.1) is 0 Å². The first-order chi connectivity index (χ1) is 6.92. The number of hydrogen-bond donors (Lipinski definition) is 3. The summed E-state index contributed by atoms with van der Waals surface area (Å²) in [5.74, 6) is 0. The summed E-state index contributed by atoms with van der Waals surface area (Å²) in [4.78, 5) is 5.71. The molecule has 4 heteroatoms. The minimum Gasteiger partial charge on any atom is -0.363 e. The molecule has 0 bridgehead atoms. The van der Waals surface area contributed by atoms with Crippen molar-refractivity contribution in [2.45, 2.75) is 6.17 Å². The average molecular weight is 194 g/mol. The third-order valence-corrected chi connectivity index (χ3v) is 2.71. The van der Waals surface area contributed by atoms with E-state index < -0.39 is 0 Å². The molecular weight excluding hydrogens is 176 g/mol. The Morgan fingerprint density at radius 1 is 1.43 bits per heavy atom. The van der Waals surface area contributed by atoms with Gasteiger partial charge in [0.15, 0.2) is 0 Å². The van der Waals surface area contributed by atoms with E-state index in [0.29, 0.717) is 6.17 Å². The molecule has 2 rings (SSSR count). The van der Waals surface area contributed by atoms with E-state index in [9.17, 15) is 0 Å². The number of H-pyrrole nitrogens is 1. The van der Waals surface area contributed by atoms with Crippen molar-refractivity contribution in [3.8, 4) is 0 Å². The molecule has 1 atom stereocenters. The Morgan fingerprint density at radius 2 is 2.21 bits per heavy atom. The molecule has 0 saturated carbocycles. The molecule has 1 aliphatic heterocycles. The minimum atomic E-state index is 0.326. The number of nitrogens with zero attached hydrogens (tertiary/aromatic N) is 1. The lowest BCUT2D eigenvalue weighted by molar-refractivity contribution is 0.150. The highest BCUT2D eigenvalue weighted by Crippen LogP contribution is 2.15. The van der Waals surface area contributed by atoms with Crippen molar-refractivity contribution in [3.05, 3.63) is 24.0 Å². The second kappa shape index (κ2) is 4.59. The van der Waals surface area contributed by atoms with Crippen molar-refractivity contribution >= 4 is 0 Å². The highest BCUT2D eigenvalue weighted by Gasteiger charge is 2.20. The second-order valence-corrected chi connectivity index (χ2v) is 3.60. The number of aromatic amines is 1. The van der Waals surface area contributed by atoms with Crippen LogP contribution in [0.2, 0.25) is 0 Å². The van der Waals surface area contributed by atoms with Crippen molar-refractivity contribution in [2.24, 2.45) is 0 Å². The van der Waals surface area contributed by atoms with Crippen molar-refractivity contribution < 1.29 is 0 Å². The monoisotopic (exact) mass is 194 g/mol. The number of nitrogens with one attached hydrogen (secondary N) is 3. The topological polar surface area (TPSA) is 43.1 Å². The van der Waals surface area contributed by atoms with Crippen LogP contribution in [-0.4, -0.2) is 43.1 Å². The number of aromatic nitrogens is 1. The van der Waals surface area contributed by atoms with Crippen LogP contribution in [0.15, 0.2) is 18.3 Å². The van der Waals surface area contributed by atoms with Gasteiger partial charge in [-0.3, -0.25) is 10.2 Å². The first-order valence-electron chi connectivity index (χ1n) is 5.17. The Balaban J connectivity index is 2.04. The van der Waals surface area contributed by atoms with Crippen LogP contribution < -0.4 is 10.6 Å². The summed E-state index contributed by atoms with van der Waals surface area (Å²) < 4.78 is 0. The van der Waals surface area contributed by atoms with Crippen LogP contribution in [0.4, 0.5) is 0 Å². The van der Waals surface area contributed by atoms with E-state index in [2.05, 4.69) is 26.6 Å². The van der Waals surface area contributed by atoms with Gasteiger partial charge in [0, 0.05) is 38.1 Å². The molecule has 1 aromatic heterocycles. The third kappa shape index (κ3) is 1.97. The average Bonchev–Trinajstić information content (AvgIpc) is 2.74. The van der Waals surface area contributed by atoms with Crippen molar-refractivity contribution in [1.29, 1.82) is 0 Å². The van der Waals surface area contributed by atoms with E-state index in [0.717, 1.165) is 26.2 Å². The molecule has 1 unspecified atom stereocenters. The summed E-state index contributed by atoms with van der Waals surface area (Å²) in [6.07, 6.45) is 2.30. The van der Waals surface area contributed by atoms with Crippen LogP contribution in [0, 0.1) is 0 Å². The van der Waals surface area contributed by atoms with Gasteiger partial charge in [0.2, 0.25) is 0 Å². The molecule has 0 spiro atoms. The molecule has 1 aromatic rings. The van der Waals surface area contributed by atoms with E-state index in [1.165, 1.54) is 5.69 Å². The zero-order chi connectivity index (χ0) is 9.80. The Labute approximate surface area is 84.7 Å². The lowest BCUT2D eigenvalue weighted by Crippen LogP contribution is -2.48. The highest BCUT2D eigenvalue weighted by molar-refractivity contribution is 5.08. The van der Waals surface area contributed by atoms with E-state index in [1.54, 1.807) is 0 Å². The molecule has 0 amide bonds. The van der Waals surface area contributed by atoms with Gasteiger partial charge >= 0.3 is 0 Å². The number of hydrogen-bond acceptors (Lipinski definition) is 3.